The predicted octanol–water partition coefficient (Wildman–Crippen LogP) is 1.75. The number of amides is 4. The Kier molecular flexibility index (Phi) is 11.5. The van der Waals surface area contributed by atoms with Crippen LogP contribution in [0, 0.1) is 5.92 Å². The molecule has 2 heterocycles. The van der Waals surface area contributed by atoms with Gasteiger partial charge in [-0.3, -0.25) is 24.1 Å². The topological polar surface area (TPSA) is 129 Å². The molecule has 0 spiro atoms. The Morgan fingerprint density at radius 1 is 0.953 bits per heavy atom. The monoisotopic (exact) mass is 593 g/mol. The van der Waals surface area contributed by atoms with Crippen LogP contribution in [0.25, 0.3) is 0 Å². The Morgan fingerprint density at radius 2 is 1.65 bits per heavy atom. The van der Waals surface area contributed by atoms with E-state index in [-0.39, 0.29) is 42.7 Å². The fraction of sp³-hybridized carbons (Fsp3) is 0.500. The molecule has 1 saturated heterocycles. The highest BCUT2D eigenvalue weighted by molar-refractivity contribution is 6.00. The first-order chi connectivity index (χ1) is 20.8. The molecule has 11 heteroatoms. The minimum atomic E-state index is -0.936. The number of piperazine rings is 1. The molecule has 0 unspecified atom stereocenters. The molecule has 2 aliphatic heterocycles. The van der Waals surface area contributed by atoms with Gasteiger partial charge in [0.05, 0.1) is 18.2 Å². The van der Waals surface area contributed by atoms with E-state index in [1.54, 1.807) is 48.4 Å². The number of hydrogen-bond acceptors (Lipinski definition) is 7. The zero-order valence-corrected chi connectivity index (χ0v) is 25.2. The number of benzene rings is 2. The smallest absolute Gasteiger partial charge is 0.255 e. The maximum Gasteiger partial charge on any atom is 0.255 e. The zero-order valence-electron chi connectivity index (χ0n) is 25.2. The third-order valence-electron chi connectivity index (χ3n) is 7.94. The Labute approximate surface area is 253 Å². The van der Waals surface area contributed by atoms with E-state index >= 15 is 0 Å². The molecule has 3 atom stereocenters. The fourth-order valence-corrected chi connectivity index (χ4v) is 5.21. The number of para-hydroxylation sites is 1. The van der Waals surface area contributed by atoms with Crippen LogP contribution in [0.1, 0.15) is 48.7 Å². The molecule has 3 N–H and O–H groups in total. The molecule has 2 aliphatic rings. The summed E-state index contributed by atoms with van der Waals surface area (Å²) in [6.45, 7) is 7.83. The van der Waals surface area contributed by atoms with Crippen LogP contribution in [0.5, 0.6) is 5.75 Å². The summed E-state index contributed by atoms with van der Waals surface area (Å²) in [5.74, 6) is -1.11. The van der Waals surface area contributed by atoms with Crippen LogP contribution in [0.2, 0.25) is 0 Å². The van der Waals surface area contributed by atoms with Gasteiger partial charge in [-0.15, -0.1) is 0 Å². The quantitative estimate of drug-likeness (QED) is 0.466. The highest BCUT2D eigenvalue weighted by Crippen LogP contribution is 2.21. The fourth-order valence-electron chi connectivity index (χ4n) is 5.21. The van der Waals surface area contributed by atoms with Gasteiger partial charge >= 0.3 is 0 Å². The summed E-state index contributed by atoms with van der Waals surface area (Å²) in [4.78, 5) is 58.1. The van der Waals surface area contributed by atoms with E-state index in [1.807, 2.05) is 32.0 Å². The SMILES string of the molecule is COCCN1CCN(C(=O)[C@@H]2CCC(=O)N[C@@H](c3ccccc3)C(=O)N[C@H](C(C)C)COc3ccccc3C(=O)N2)CC1. The van der Waals surface area contributed by atoms with E-state index < -0.39 is 29.9 Å². The summed E-state index contributed by atoms with van der Waals surface area (Å²) < 4.78 is 11.3. The Bertz CT molecular complexity index is 1250. The number of carbonyl (C=O) groups excluding carboxylic acids is 4. The lowest BCUT2D eigenvalue weighted by molar-refractivity contribution is -0.135. The molecule has 232 valence electrons. The highest BCUT2D eigenvalue weighted by Gasteiger charge is 2.32. The standard InChI is InChI=1S/C32H43N5O6/c1-22(2)26-21-43-27-12-8-7-11-24(27)30(39)33-25(32(41)37-17-15-36(16-18-37)19-20-42-3)13-14-28(38)35-29(31(40)34-26)23-9-5-4-6-10-23/h4-12,22,25-26,29H,13-21H2,1-3H3,(H,33,39)(H,34,40)(H,35,38)/t25-,26-,29-/m0/s1. The lowest BCUT2D eigenvalue weighted by Crippen LogP contribution is -2.55. The molecule has 4 amide bonds. The molecule has 2 aromatic rings. The van der Waals surface area contributed by atoms with Gasteiger partial charge in [0.1, 0.15) is 24.4 Å². The van der Waals surface area contributed by atoms with Crippen LogP contribution in [0.3, 0.4) is 0 Å². The van der Waals surface area contributed by atoms with Crippen molar-refractivity contribution >= 4 is 23.6 Å². The summed E-state index contributed by atoms with van der Waals surface area (Å²) in [6, 6.07) is 13.6. The number of fused-ring (bicyclic) bond motifs is 1. The number of ether oxygens (including phenoxy) is 2. The average molecular weight is 594 g/mol. The molecule has 0 radical (unpaired) electrons. The maximum atomic E-state index is 13.7. The van der Waals surface area contributed by atoms with Crippen molar-refractivity contribution < 1.29 is 28.7 Å². The van der Waals surface area contributed by atoms with Gasteiger partial charge in [0, 0.05) is 46.3 Å². The number of hydrogen-bond donors (Lipinski definition) is 3. The summed E-state index contributed by atoms with van der Waals surface area (Å²) >= 11 is 0. The van der Waals surface area contributed by atoms with Crippen molar-refractivity contribution in [1.29, 1.82) is 0 Å². The lowest BCUT2D eigenvalue weighted by atomic mass is 10.0. The highest BCUT2D eigenvalue weighted by atomic mass is 16.5. The number of methoxy groups -OCH3 is 1. The minimum absolute atomic E-state index is 0.00437. The second-order valence-corrected chi connectivity index (χ2v) is 11.3. The summed E-state index contributed by atoms with van der Waals surface area (Å²) in [5.41, 5.74) is 0.915. The van der Waals surface area contributed by atoms with Gasteiger partial charge in [-0.05, 0) is 30.0 Å². The summed E-state index contributed by atoms with van der Waals surface area (Å²) in [5, 5.41) is 8.77. The van der Waals surface area contributed by atoms with E-state index in [0.717, 1.165) is 6.54 Å². The molecule has 0 aliphatic carbocycles. The van der Waals surface area contributed by atoms with E-state index in [0.29, 0.717) is 44.1 Å². The molecule has 0 bridgehead atoms. The van der Waals surface area contributed by atoms with Crippen molar-refractivity contribution in [2.75, 3.05) is 53.0 Å². The molecular weight excluding hydrogens is 550 g/mol. The second kappa shape index (κ2) is 15.5. The largest absolute Gasteiger partial charge is 0.491 e. The van der Waals surface area contributed by atoms with Crippen LogP contribution >= 0.6 is 0 Å². The first kappa shape index (κ1) is 32.0. The lowest BCUT2D eigenvalue weighted by Gasteiger charge is -2.36. The van der Waals surface area contributed by atoms with E-state index in [4.69, 9.17) is 9.47 Å². The maximum absolute atomic E-state index is 13.7. The third kappa shape index (κ3) is 8.77. The number of rotatable bonds is 6. The molecule has 0 saturated carbocycles. The molecule has 43 heavy (non-hydrogen) atoms. The summed E-state index contributed by atoms with van der Waals surface area (Å²) in [7, 11) is 1.66. The Balaban J connectivity index is 1.60. The molecule has 2 aromatic carbocycles. The molecule has 0 aromatic heterocycles. The number of carbonyl (C=O) groups is 4. The van der Waals surface area contributed by atoms with Crippen molar-refractivity contribution in [3.63, 3.8) is 0 Å². The number of nitrogens with one attached hydrogen (secondary N) is 3. The molecular formula is C32H43N5O6. The van der Waals surface area contributed by atoms with E-state index in [9.17, 15) is 19.2 Å². The number of nitrogens with zero attached hydrogens (tertiary/aromatic N) is 2. The Morgan fingerprint density at radius 3 is 2.35 bits per heavy atom. The van der Waals surface area contributed by atoms with Crippen molar-refractivity contribution in [2.24, 2.45) is 5.92 Å². The van der Waals surface area contributed by atoms with Crippen LogP contribution in [-0.2, 0) is 19.1 Å². The van der Waals surface area contributed by atoms with E-state index in [2.05, 4.69) is 20.9 Å². The van der Waals surface area contributed by atoms with Gasteiger partial charge in [-0.2, -0.15) is 0 Å². The van der Waals surface area contributed by atoms with E-state index in [1.165, 1.54) is 0 Å². The van der Waals surface area contributed by atoms with Crippen LogP contribution in [0.15, 0.2) is 54.6 Å². The molecule has 11 nitrogen and oxygen atoms in total. The van der Waals surface area contributed by atoms with Crippen LogP contribution < -0.4 is 20.7 Å². The van der Waals surface area contributed by atoms with Crippen molar-refractivity contribution in [2.45, 2.75) is 44.8 Å². The van der Waals surface area contributed by atoms with Gasteiger partial charge in [-0.1, -0.05) is 56.3 Å². The third-order valence-corrected chi connectivity index (χ3v) is 7.94. The van der Waals surface area contributed by atoms with Gasteiger partial charge in [0.25, 0.3) is 5.91 Å². The summed E-state index contributed by atoms with van der Waals surface area (Å²) in [6.07, 6.45) is 0.00786. The van der Waals surface area contributed by atoms with Gasteiger partial charge in [0.2, 0.25) is 17.7 Å². The van der Waals surface area contributed by atoms with Gasteiger partial charge in [0.15, 0.2) is 0 Å². The van der Waals surface area contributed by atoms with Crippen molar-refractivity contribution in [1.82, 2.24) is 25.8 Å². The van der Waals surface area contributed by atoms with Crippen molar-refractivity contribution in [3.05, 3.63) is 65.7 Å². The zero-order chi connectivity index (χ0) is 30.8. The van der Waals surface area contributed by atoms with Crippen molar-refractivity contribution in [3.8, 4) is 5.75 Å². The van der Waals surface area contributed by atoms with Crippen LogP contribution in [-0.4, -0.2) is 98.6 Å². The first-order valence-electron chi connectivity index (χ1n) is 14.9. The molecule has 4 rings (SSSR count). The average Bonchev–Trinajstić information content (AvgIpc) is 3.02. The first-order valence-corrected chi connectivity index (χ1v) is 14.9. The Hall–Kier alpha value is -3.96. The molecule has 1 fully saturated rings. The normalized spacial score (nSPS) is 22.7. The minimum Gasteiger partial charge on any atom is -0.491 e. The van der Waals surface area contributed by atoms with Gasteiger partial charge < -0.3 is 30.3 Å². The van der Waals surface area contributed by atoms with Crippen LogP contribution in [0.4, 0.5) is 0 Å². The predicted molar refractivity (Wildman–Crippen MR) is 161 cm³/mol. The second-order valence-electron chi connectivity index (χ2n) is 11.3. The van der Waals surface area contributed by atoms with Gasteiger partial charge in [-0.25, -0.2) is 0 Å².